The highest BCUT2D eigenvalue weighted by Gasteiger charge is 2.43. The molecule has 23 heavy (non-hydrogen) atoms. The molecular formula is C17H25N3O3. The highest BCUT2D eigenvalue weighted by Crippen LogP contribution is 2.35. The third-order valence-corrected chi connectivity index (χ3v) is 5.58. The number of nitrogens with zero attached hydrogens (tertiary/aromatic N) is 3. The maximum absolute atomic E-state index is 12.6. The third kappa shape index (κ3) is 3.02. The third-order valence-electron chi connectivity index (χ3n) is 5.58. The minimum Gasteiger partial charge on any atom is -0.376 e. The van der Waals surface area contributed by atoms with Crippen molar-refractivity contribution < 1.29 is 14.1 Å². The molecule has 0 N–H and O–H groups in total. The summed E-state index contributed by atoms with van der Waals surface area (Å²) < 4.78 is 11.1. The van der Waals surface area contributed by atoms with E-state index in [1.165, 1.54) is 25.9 Å². The Bertz CT molecular complexity index is 567. The Morgan fingerprint density at radius 2 is 2.17 bits per heavy atom. The molecule has 3 saturated heterocycles. The second-order valence-electron chi connectivity index (χ2n) is 7.17. The summed E-state index contributed by atoms with van der Waals surface area (Å²) in [6.45, 7) is 7.66. The smallest absolute Gasteiger partial charge is 0.276 e. The highest BCUT2D eigenvalue weighted by atomic mass is 16.5. The number of aromatic nitrogens is 1. The van der Waals surface area contributed by atoms with Gasteiger partial charge in [0.25, 0.3) is 5.91 Å². The van der Waals surface area contributed by atoms with Crippen LogP contribution in [0, 0.1) is 18.8 Å². The maximum Gasteiger partial charge on any atom is 0.276 e. The number of likely N-dealkylation sites (tertiary alicyclic amines) is 2. The average Bonchev–Trinajstić information content (AvgIpc) is 3.29. The van der Waals surface area contributed by atoms with Gasteiger partial charge in [0.1, 0.15) is 5.76 Å². The Labute approximate surface area is 136 Å². The van der Waals surface area contributed by atoms with E-state index >= 15 is 0 Å². The fourth-order valence-corrected chi connectivity index (χ4v) is 4.25. The number of carbonyl (C=O) groups is 1. The number of carbonyl (C=O) groups excluding carboxylic acids is 1. The number of aryl methyl sites for hydroxylation is 1. The molecule has 0 bridgehead atoms. The fourth-order valence-electron chi connectivity index (χ4n) is 4.25. The van der Waals surface area contributed by atoms with E-state index in [1.54, 1.807) is 6.07 Å². The summed E-state index contributed by atoms with van der Waals surface area (Å²) in [5, 5.41) is 3.87. The van der Waals surface area contributed by atoms with Crippen molar-refractivity contribution in [2.24, 2.45) is 11.8 Å². The quantitative estimate of drug-likeness (QED) is 0.846. The predicted molar refractivity (Wildman–Crippen MR) is 84.2 cm³/mol. The molecule has 1 aromatic heterocycles. The molecule has 3 fully saturated rings. The van der Waals surface area contributed by atoms with Crippen molar-refractivity contribution in [2.75, 3.05) is 39.3 Å². The molecule has 3 aliphatic rings. The van der Waals surface area contributed by atoms with Crippen LogP contribution in [0.25, 0.3) is 0 Å². The standard InChI is InChI=1S/C17H25N3O3/c1-12-8-15(18-23-12)17(21)20-7-4-13-11-22-16(14(13)9-20)10-19-5-2-3-6-19/h8,13-14,16H,2-7,9-11H2,1H3/t13-,14-,16+/m0/s1. The zero-order valence-electron chi connectivity index (χ0n) is 13.7. The molecule has 1 amide bonds. The molecule has 126 valence electrons. The van der Waals surface area contributed by atoms with Crippen molar-refractivity contribution in [3.8, 4) is 0 Å². The van der Waals surface area contributed by atoms with Gasteiger partial charge in [-0.1, -0.05) is 5.16 Å². The number of hydrogen-bond acceptors (Lipinski definition) is 5. The lowest BCUT2D eigenvalue weighted by Gasteiger charge is -2.36. The van der Waals surface area contributed by atoms with Crippen LogP contribution in [0.3, 0.4) is 0 Å². The van der Waals surface area contributed by atoms with Crippen LogP contribution in [0.5, 0.6) is 0 Å². The van der Waals surface area contributed by atoms with Crippen molar-refractivity contribution in [1.29, 1.82) is 0 Å². The minimum atomic E-state index is -0.00729. The van der Waals surface area contributed by atoms with Gasteiger partial charge >= 0.3 is 0 Å². The number of hydrogen-bond donors (Lipinski definition) is 0. The lowest BCUT2D eigenvalue weighted by Crippen LogP contribution is -2.47. The van der Waals surface area contributed by atoms with E-state index in [2.05, 4.69) is 10.1 Å². The van der Waals surface area contributed by atoms with Gasteiger partial charge in [-0.3, -0.25) is 4.79 Å². The van der Waals surface area contributed by atoms with Crippen LogP contribution in [0.1, 0.15) is 35.5 Å². The molecule has 6 nitrogen and oxygen atoms in total. The topological polar surface area (TPSA) is 58.8 Å². The van der Waals surface area contributed by atoms with Gasteiger partial charge in [-0.05, 0) is 45.2 Å². The molecule has 1 aromatic rings. The maximum atomic E-state index is 12.6. The van der Waals surface area contributed by atoms with Crippen LogP contribution >= 0.6 is 0 Å². The average molecular weight is 319 g/mol. The van der Waals surface area contributed by atoms with Crippen molar-refractivity contribution >= 4 is 5.91 Å². The molecule has 4 rings (SSSR count). The summed E-state index contributed by atoms with van der Waals surface area (Å²) in [6, 6.07) is 1.72. The van der Waals surface area contributed by atoms with E-state index in [-0.39, 0.29) is 12.0 Å². The fraction of sp³-hybridized carbons (Fsp3) is 0.765. The summed E-state index contributed by atoms with van der Waals surface area (Å²) in [4.78, 5) is 17.0. The second-order valence-corrected chi connectivity index (χ2v) is 7.17. The lowest BCUT2D eigenvalue weighted by molar-refractivity contribution is 0.0431. The Morgan fingerprint density at radius 1 is 1.35 bits per heavy atom. The van der Waals surface area contributed by atoms with Gasteiger partial charge in [-0.15, -0.1) is 0 Å². The first-order chi connectivity index (χ1) is 11.2. The van der Waals surface area contributed by atoms with E-state index in [0.29, 0.717) is 23.3 Å². The van der Waals surface area contributed by atoms with Crippen molar-refractivity contribution in [3.63, 3.8) is 0 Å². The molecule has 0 saturated carbocycles. The predicted octanol–water partition coefficient (Wildman–Crippen LogP) is 1.56. The summed E-state index contributed by atoms with van der Waals surface area (Å²) in [5.74, 6) is 1.73. The number of fused-ring (bicyclic) bond motifs is 1. The zero-order valence-corrected chi connectivity index (χ0v) is 13.7. The normalized spacial score (nSPS) is 31.5. The second kappa shape index (κ2) is 6.24. The van der Waals surface area contributed by atoms with Crippen molar-refractivity contribution in [1.82, 2.24) is 15.0 Å². The summed E-state index contributed by atoms with van der Waals surface area (Å²) in [5.41, 5.74) is 0.427. The molecule has 3 aliphatic heterocycles. The molecule has 0 spiro atoms. The first-order valence-corrected chi connectivity index (χ1v) is 8.77. The van der Waals surface area contributed by atoms with Crippen LogP contribution in [0.4, 0.5) is 0 Å². The number of ether oxygens (including phenoxy) is 1. The van der Waals surface area contributed by atoms with E-state index in [0.717, 1.165) is 32.7 Å². The SMILES string of the molecule is Cc1cc(C(=O)N2CC[C@H]3CO[C@H](CN4CCCC4)[C@H]3C2)no1. The Balaban J connectivity index is 1.41. The van der Waals surface area contributed by atoms with Crippen LogP contribution in [0.2, 0.25) is 0 Å². The van der Waals surface area contributed by atoms with Gasteiger partial charge in [0.2, 0.25) is 0 Å². The molecule has 0 unspecified atom stereocenters. The monoisotopic (exact) mass is 319 g/mol. The number of piperidine rings is 1. The van der Waals surface area contributed by atoms with Crippen molar-refractivity contribution in [3.05, 3.63) is 17.5 Å². The summed E-state index contributed by atoms with van der Waals surface area (Å²) in [6.07, 6.45) is 3.91. The lowest BCUT2D eigenvalue weighted by atomic mass is 9.84. The van der Waals surface area contributed by atoms with Gasteiger partial charge in [-0.2, -0.15) is 0 Å². The molecule has 0 aromatic carbocycles. The van der Waals surface area contributed by atoms with E-state index < -0.39 is 0 Å². The molecule has 4 heterocycles. The van der Waals surface area contributed by atoms with Gasteiger partial charge < -0.3 is 19.1 Å². The highest BCUT2D eigenvalue weighted by molar-refractivity contribution is 5.92. The molecule has 6 heteroatoms. The first kappa shape index (κ1) is 15.1. The summed E-state index contributed by atoms with van der Waals surface area (Å²) >= 11 is 0. The van der Waals surface area contributed by atoms with E-state index in [1.807, 2.05) is 11.8 Å². The molecule has 0 radical (unpaired) electrons. The largest absolute Gasteiger partial charge is 0.376 e. The minimum absolute atomic E-state index is 0.00729. The first-order valence-electron chi connectivity index (χ1n) is 8.77. The van der Waals surface area contributed by atoms with E-state index in [9.17, 15) is 4.79 Å². The molecule has 0 aliphatic carbocycles. The van der Waals surface area contributed by atoms with Gasteiger partial charge in [0.15, 0.2) is 5.69 Å². The Kier molecular flexibility index (Phi) is 4.11. The van der Waals surface area contributed by atoms with Gasteiger partial charge in [-0.25, -0.2) is 0 Å². The van der Waals surface area contributed by atoms with Crippen molar-refractivity contribution in [2.45, 2.75) is 32.3 Å². The Hall–Kier alpha value is -1.40. The number of amides is 1. The Morgan fingerprint density at radius 3 is 2.91 bits per heavy atom. The summed E-state index contributed by atoms with van der Waals surface area (Å²) in [7, 11) is 0. The van der Waals surface area contributed by atoms with Crippen LogP contribution in [0.15, 0.2) is 10.6 Å². The number of rotatable bonds is 3. The molecule has 3 atom stereocenters. The van der Waals surface area contributed by atoms with Gasteiger partial charge in [0, 0.05) is 31.6 Å². The van der Waals surface area contributed by atoms with Gasteiger partial charge in [0.05, 0.1) is 12.7 Å². The van der Waals surface area contributed by atoms with Crippen LogP contribution < -0.4 is 0 Å². The zero-order chi connectivity index (χ0) is 15.8. The van der Waals surface area contributed by atoms with Crippen LogP contribution in [-0.2, 0) is 4.74 Å². The van der Waals surface area contributed by atoms with E-state index in [4.69, 9.17) is 9.26 Å². The molecular weight excluding hydrogens is 294 g/mol. The van der Waals surface area contributed by atoms with Crippen LogP contribution in [-0.4, -0.2) is 66.3 Å².